The molecule has 2 heterocycles. The first-order chi connectivity index (χ1) is 11.0. The molecule has 1 aromatic carbocycles. The Balaban J connectivity index is 1.92. The van der Waals surface area contributed by atoms with E-state index >= 15 is 0 Å². The number of esters is 1. The number of pyridine rings is 1. The number of carbonyl (C=O) groups excluding carboxylic acids is 1. The lowest BCUT2D eigenvalue weighted by molar-refractivity contribution is 0.0473. The third kappa shape index (κ3) is 3.24. The molecule has 3 rings (SSSR count). The summed E-state index contributed by atoms with van der Waals surface area (Å²) < 4.78 is 10.4. The maximum atomic E-state index is 12.0. The quantitative estimate of drug-likeness (QED) is 0.543. The van der Waals surface area contributed by atoms with E-state index in [4.69, 9.17) is 20.8 Å². The van der Waals surface area contributed by atoms with Gasteiger partial charge in [-0.2, -0.15) is 0 Å². The Morgan fingerprint density at radius 3 is 2.74 bits per heavy atom. The maximum absolute atomic E-state index is 12.0. The van der Waals surface area contributed by atoms with Gasteiger partial charge in [-0.3, -0.25) is 4.98 Å². The summed E-state index contributed by atoms with van der Waals surface area (Å²) in [5.74, 6) is -0.494. The second-order valence-electron chi connectivity index (χ2n) is 5.00. The number of fused-ring (bicyclic) bond motifs is 1. The summed E-state index contributed by atoms with van der Waals surface area (Å²) in [5, 5.41) is 1.19. The molecule has 0 saturated carbocycles. The second-order valence-corrected chi connectivity index (χ2v) is 5.41. The van der Waals surface area contributed by atoms with Crippen LogP contribution in [-0.2, 0) is 11.3 Å². The first kappa shape index (κ1) is 15.2. The lowest BCUT2D eigenvalue weighted by Gasteiger charge is -2.08. The predicted molar refractivity (Wildman–Crippen MR) is 85.6 cm³/mol. The minimum atomic E-state index is -0.505. The van der Waals surface area contributed by atoms with E-state index < -0.39 is 11.6 Å². The Bertz CT molecular complexity index is 934. The summed E-state index contributed by atoms with van der Waals surface area (Å²) in [4.78, 5) is 27.5. The normalized spacial score (nSPS) is 10.7. The third-order valence-corrected chi connectivity index (χ3v) is 3.79. The number of aromatic nitrogens is 1. The SMILES string of the molecule is Cc1cc2oc(=O)cc(COC(=O)c3ccncc3)c2cc1Cl. The van der Waals surface area contributed by atoms with Crippen molar-refractivity contribution >= 4 is 28.5 Å². The minimum absolute atomic E-state index is 0.0529. The molecule has 0 aliphatic heterocycles. The molecule has 0 radical (unpaired) electrons. The molecule has 0 spiro atoms. The number of benzene rings is 1. The molecule has 0 aliphatic carbocycles. The average molecular weight is 330 g/mol. The van der Waals surface area contributed by atoms with Gasteiger partial charge < -0.3 is 9.15 Å². The molecular weight excluding hydrogens is 318 g/mol. The van der Waals surface area contributed by atoms with E-state index in [1.807, 2.05) is 6.92 Å². The molecule has 0 N–H and O–H groups in total. The molecule has 116 valence electrons. The monoisotopic (exact) mass is 329 g/mol. The van der Waals surface area contributed by atoms with E-state index in [0.717, 1.165) is 5.56 Å². The van der Waals surface area contributed by atoms with Crippen LogP contribution in [0.5, 0.6) is 0 Å². The first-order valence-corrected chi connectivity index (χ1v) is 7.22. The molecule has 3 aromatic rings. The highest BCUT2D eigenvalue weighted by Gasteiger charge is 2.12. The van der Waals surface area contributed by atoms with Crippen LogP contribution in [0.2, 0.25) is 5.02 Å². The highest BCUT2D eigenvalue weighted by Crippen LogP contribution is 2.25. The lowest BCUT2D eigenvalue weighted by atomic mass is 10.1. The highest BCUT2D eigenvalue weighted by molar-refractivity contribution is 6.32. The Kier molecular flexibility index (Phi) is 4.12. The van der Waals surface area contributed by atoms with Gasteiger partial charge in [0.2, 0.25) is 0 Å². The van der Waals surface area contributed by atoms with E-state index in [-0.39, 0.29) is 6.61 Å². The Hall–Kier alpha value is -2.66. The first-order valence-electron chi connectivity index (χ1n) is 6.84. The van der Waals surface area contributed by atoms with Gasteiger partial charge in [0.15, 0.2) is 0 Å². The maximum Gasteiger partial charge on any atom is 0.338 e. The Morgan fingerprint density at radius 2 is 2.00 bits per heavy atom. The van der Waals surface area contributed by atoms with Gasteiger partial charge in [0, 0.05) is 34.4 Å². The fourth-order valence-corrected chi connectivity index (χ4v) is 2.35. The number of hydrogen-bond acceptors (Lipinski definition) is 5. The Labute approximate surface area is 136 Å². The van der Waals surface area contributed by atoms with Crippen LogP contribution in [0.15, 0.2) is 51.9 Å². The molecule has 0 atom stereocenters. The standard InChI is InChI=1S/C17H12ClNO4/c1-10-6-15-13(8-14(10)18)12(7-16(20)23-15)9-22-17(21)11-2-4-19-5-3-11/h2-8H,9H2,1H3. The smallest absolute Gasteiger partial charge is 0.338 e. The number of halogens is 1. The van der Waals surface area contributed by atoms with Gasteiger partial charge in [0.25, 0.3) is 0 Å². The number of hydrogen-bond donors (Lipinski definition) is 0. The van der Waals surface area contributed by atoms with Crippen molar-refractivity contribution in [2.45, 2.75) is 13.5 Å². The van der Waals surface area contributed by atoms with Crippen molar-refractivity contribution in [1.82, 2.24) is 4.98 Å². The second kappa shape index (κ2) is 6.22. The van der Waals surface area contributed by atoms with Crippen LogP contribution in [0.25, 0.3) is 11.0 Å². The topological polar surface area (TPSA) is 69.4 Å². The molecule has 5 nitrogen and oxygen atoms in total. The largest absolute Gasteiger partial charge is 0.457 e. The van der Waals surface area contributed by atoms with Crippen LogP contribution in [0, 0.1) is 6.92 Å². The molecule has 0 amide bonds. The molecule has 0 saturated heterocycles. The van der Waals surface area contributed by atoms with Crippen LogP contribution < -0.4 is 5.63 Å². The van der Waals surface area contributed by atoms with E-state index in [0.29, 0.717) is 27.1 Å². The van der Waals surface area contributed by atoms with E-state index in [2.05, 4.69) is 4.98 Å². The molecule has 0 bridgehead atoms. The fraction of sp³-hybridized carbons (Fsp3) is 0.118. The van der Waals surface area contributed by atoms with Crippen LogP contribution in [0.3, 0.4) is 0 Å². The number of rotatable bonds is 3. The van der Waals surface area contributed by atoms with Crippen LogP contribution in [0.4, 0.5) is 0 Å². The van der Waals surface area contributed by atoms with E-state index in [9.17, 15) is 9.59 Å². The fourth-order valence-electron chi connectivity index (χ4n) is 2.18. The van der Waals surface area contributed by atoms with Gasteiger partial charge in [-0.25, -0.2) is 9.59 Å². The van der Waals surface area contributed by atoms with Crippen molar-refractivity contribution < 1.29 is 13.9 Å². The van der Waals surface area contributed by atoms with Crippen molar-refractivity contribution in [1.29, 1.82) is 0 Å². The Morgan fingerprint density at radius 1 is 1.26 bits per heavy atom. The lowest BCUT2D eigenvalue weighted by Crippen LogP contribution is -2.08. The average Bonchev–Trinajstić information content (AvgIpc) is 2.55. The molecule has 0 fully saturated rings. The summed E-state index contributed by atoms with van der Waals surface area (Å²) in [6, 6.07) is 7.80. The molecule has 0 aliphatic rings. The van der Waals surface area contributed by atoms with Crippen LogP contribution in [0.1, 0.15) is 21.5 Å². The van der Waals surface area contributed by atoms with Gasteiger partial charge in [-0.05, 0) is 36.8 Å². The molecule has 6 heteroatoms. The summed E-state index contributed by atoms with van der Waals surface area (Å²) in [6.45, 7) is 1.76. The van der Waals surface area contributed by atoms with Crippen molar-refractivity contribution in [3.63, 3.8) is 0 Å². The predicted octanol–water partition coefficient (Wildman–Crippen LogP) is 3.51. The van der Waals surface area contributed by atoms with Crippen molar-refractivity contribution in [3.05, 3.63) is 74.9 Å². The number of aryl methyl sites for hydroxylation is 1. The van der Waals surface area contributed by atoms with Gasteiger partial charge in [0.1, 0.15) is 12.2 Å². The third-order valence-electron chi connectivity index (χ3n) is 3.38. The summed E-state index contributed by atoms with van der Waals surface area (Å²) in [6.07, 6.45) is 3.01. The van der Waals surface area contributed by atoms with Gasteiger partial charge in [0.05, 0.1) is 5.56 Å². The van der Waals surface area contributed by atoms with Crippen LogP contribution in [-0.4, -0.2) is 11.0 Å². The summed E-state index contributed by atoms with van der Waals surface area (Å²) in [7, 11) is 0. The zero-order valence-electron chi connectivity index (χ0n) is 12.2. The van der Waals surface area contributed by atoms with Gasteiger partial charge in [-0.1, -0.05) is 11.6 Å². The molecule has 23 heavy (non-hydrogen) atoms. The molecule has 2 aromatic heterocycles. The van der Waals surface area contributed by atoms with Crippen molar-refractivity contribution in [2.24, 2.45) is 0 Å². The van der Waals surface area contributed by atoms with Gasteiger partial charge >= 0.3 is 11.6 Å². The number of nitrogens with zero attached hydrogens (tertiary/aromatic N) is 1. The summed E-state index contributed by atoms with van der Waals surface area (Å²) in [5.41, 5.74) is 1.64. The minimum Gasteiger partial charge on any atom is -0.457 e. The van der Waals surface area contributed by atoms with E-state index in [1.165, 1.54) is 18.5 Å². The highest BCUT2D eigenvalue weighted by atomic mass is 35.5. The van der Waals surface area contributed by atoms with Crippen molar-refractivity contribution in [3.8, 4) is 0 Å². The number of ether oxygens (including phenoxy) is 1. The zero-order chi connectivity index (χ0) is 16.4. The zero-order valence-corrected chi connectivity index (χ0v) is 13.0. The molecule has 0 unspecified atom stereocenters. The molecular formula is C17H12ClNO4. The number of carbonyl (C=O) groups is 1. The van der Waals surface area contributed by atoms with Crippen molar-refractivity contribution in [2.75, 3.05) is 0 Å². The van der Waals surface area contributed by atoms with Gasteiger partial charge in [-0.15, -0.1) is 0 Å². The summed E-state index contributed by atoms with van der Waals surface area (Å²) >= 11 is 6.12. The van der Waals surface area contributed by atoms with E-state index in [1.54, 1.807) is 24.3 Å². The van der Waals surface area contributed by atoms with Crippen LogP contribution >= 0.6 is 11.6 Å².